The van der Waals surface area contributed by atoms with Gasteiger partial charge in [0, 0.05) is 10.7 Å². The number of amides is 1. The van der Waals surface area contributed by atoms with Crippen LogP contribution in [0.3, 0.4) is 0 Å². The minimum atomic E-state index is -0.434. The van der Waals surface area contributed by atoms with E-state index in [9.17, 15) is 4.79 Å². The van der Waals surface area contributed by atoms with Crippen LogP contribution in [-0.2, 0) is 0 Å². The number of pyridine rings is 1. The van der Waals surface area contributed by atoms with Gasteiger partial charge in [0.1, 0.15) is 0 Å². The maximum Gasteiger partial charge on any atom is 0.261 e. The number of hydrazine groups is 1. The summed E-state index contributed by atoms with van der Waals surface area (Å²) in [6, 6.07) is 1.59. The molecule has 0 bridgehead atoms. The number of nitrogens with zero attached hydrogens (tertiary/aromatic N) is 4. The molecule has 0 radical (unpaired) electrons. The van der Waals surface area contributed by atoms with Crippen LogP contribution >= 0.6 is 15.9 Å². The summed E-state index contributed by atoms with van der Waals surface area (Å²) in [5, 5.41) is 10.2. The fraction of sp³-hybridized carbons (Fsp3) is 0.182. The Kier molecular flexibility index (Phi) is 4.20. The minimum absolute atomic E-state index is 0.126. The van der Waals surface area contributed by atoms with Crippen molar-refractivity contribution in [3.05, 3.63) is 33.7 Å². The van der Waals surface area contributed by atoms with Crippen LogP contribution < -0.4 is 16.6 Å². The van der Waals surface area contributed by atoms with E-state index in [4.69, 9.17) is 5.84 Å². The lowest BCUT2D eigenvalue weighted by atomic mass is 10.2. The third-order valence-electron chi connectivity index (χ3n) is 2.55. The van der Waals surface area contributed by atoms with Crippen LogP contribution in [0.2, 0.25) is 0 Å². The van der Waals surface area contributed by atoms with Crippen molar-refractivity contribution in [1.82, 2.24) is 20.2 Å². The van der Waals surface area contributed by atoms with E-state index in [-0.39, 0.29) is 17.3 Å². The molecule has 0 aliphatic carbocycles. The maximum atomic E-state index is 12.2. The van der Waals surface area contributed by atoms with Gasteiger partial charge < -0.3 is 5.43 Å². The van der Waals surface area contributed by atoms with E-state index < -0.39 is 5.91 Å². The number of hydrogen-bond acceptors (Lipinski definition) is 7. The molecule has 0 unspecified atom stereocenters. The number of aromatic nitrogens is 4. The number of carbonyl (C=O) groups excluding carboxylic acids is 1. The van der Waals surface area contributed by atoms with Gasteiger partial charge >= 0.3 is 0 Å². The van der Waals surface area contributed by atoms with Crippen molar-refractivity contribution < 1.29 is 4.79 Å². The van der Waals surface area contributed by atoms with Gasteiger partial charge in [0.25, 0.3) is 5.91 Å². The van der Waals surface area contributed by atoms with Crippen LogP contribution in [0.1, 0.15) is 21.7 Å². The molecule has 0 aliphatic heterocycles. The molecule has 4 N–H and O–H groups in total. The van der Waals surface area contributed by atoms with Crippen LogP contribution in [0, 0.1) is 13.8 Å². The highest BCUT2D eigenvalue weighted by atomic mass is 79.9. The molecule has 1 amide bonds. The zero-order valence-electron chi connectivity index (χ0n) is 10.8. The molecule has 104 valence electrons. The highest BCUT2D eigenvalue weighted by Crippen LogP contribution is 2.18. The van der Waals surface area contributed by atoms with E-state index in [0.717, 1.165) is 0 Å². The van der Waals surface area contributed by atoms with E-state index in [1.165, 1.54) is 6.20 Å². The van der Waals surface area contributed by atoms with E-state index in [2.05, 4.69) is 46.8 Å². The smallest absolute Gasteiger partial charge is 0.261 e. The van der Waals surface area contributed by atoms with E-state index in [1.54, 1.807) is 19.9 Å². The first-order valence-corrected chi connectivity index (χ1v) is 6.42. The largest absolute Gasteiger partial charge is 0.308 e. The Morgan fingerprint density at radius 1 is 1.30 bits per heavy atom. The van der Waals surface area contributed by atoms with Crippen molar-refractivity contribution in [2.45, 2.75) is 13.8 Å². The molecule has 20 heavy (non-hydrogen) atoms. The number of nitrogens with one attached hydrogen (secondary N) is 2. The summed E-state index contributed by atoms with van der Waals surface area (Å²) in [5.41, 5.74) is 4.03. The van der Waals surface area contributed by atoms with E-state index >= 15 is 0 Å². The van der Waals surface area contributed by atoms with Crippen molar-refractivity contribution in [2.75, 3.05) is 10.7 Å². The Hall–Kier alpha value is -2.13. The summed E-state index contributed by atoms with van der Waals surface area (Å²) in [5.74, 6) is 5.27. The summed E-state index contributed by atoms with van der Waals surface area (Å²) >= 11 is 3.25. The van der Waals surface area contributed by atoms with E-state index in [0.29, 0.717) is 15.9 Å². The second-order valence-electron chi connectivity index (χ2n) is 3.95. The van der Waals surface area contributed by atoms with Crippen LogP contribution in [0.4, 0.5) is 11.8 Å². The summed E-state index contributed by atoms with van der Waals surface area (Å²) in [7, 11) is 0. The zero-order valence-corrected chi connectivity index (χ0v) is 12.4. The van der Waals surface area contributed by atoms with Gasteiger partial charge in [-0.15, -0.1) is 5.10 Å². The minimum Gasteiger partial charge on any atom is -0.308 e. The van der Waals surface area contributed by atoms with Crippen LogP contribution in [0.15, 0.2) is 16.7 Å². The third-order valence-corrected chi connectivity index (χ3v) is 2.99. The first kappa shape index (κ1) is 14.3. The molecule has 0 aromatic carbocycles. The number of anilines is 2. The topological polar surface area (TPSA) is 119 Å². The molecule has 0 atom stereocenters. The van der Waals surface area contributed by atoms with Crippen molar-refractivity contribution >= 4 is 33.6 Å². The van der Waals surface area contributed by atoms with Gasteiger partial charge in [-0.1, -0.05) is 0 Å². The molecule has 2 aromatic heterocycles. The number of rotatable bonds is 3. The summed E-state index contributed by atoms with van der Waals surface area (Å²) in [4.78, 5) is 20.3. The standard InChI is InChI=1S/C11H12BrN7O/c1-5-6(2)18-19-11(15-5)16-10(20)8-3-7(12)4-14-9(8)17-13/h3-4H,13H2,1-2H3,(H,14,17)(H,15,16,19,20). The number of aryl methyl sites for hydroxylation is 2. The molecular weight excluding hydrogens is 326 g/mol. The van der Waals surface area contributed by atoms with Crippen LogP contribution in [0.25, 0.3) is 0 Å². The van der Waals surface area contributed by atoms with Crippen molar-refractivity contribution in [1.29, 1.82) is 0 Å². The maximum absolute atomic E-state index is 12.2. The highest BCUT2D eigenvalue weighted by Gasteiger charge is 2.15. The van der Waals surface area contributed by atoms with Crippen molar-refractivity contribution in [3.8, 4) is 0 Å². The number of hydrogen-bond donors (Lipinski definition) is 3. The average molecular weight is 338 g/mol. The Bertz CT molecular complexity index is 661. The fourth-order valence-corrected chi connectivity index (χ4v) is 1.74. The normalized spacial score (nSPS) is 10.2. The first-order valence-electron chi connectivity index (χ1n) is 5.62. The summed E-state index contributed by atoms with van der Waals surface area (Å²) in [6.07, 6.45) is 1.53. The molecule has 8 nitrogen and oxygen atoms in total. The molecule has 2 rings (SSSR count). The highest BCUT2D eigenvalue weighted by molar-refractivity contribution is 9.10. The average Bonchev–Trinajstić information content (AvgIpc) is 2.43. The molecule has 9 heteroatoms. The van der Waals surface area contributed by atoms with Gasteiger partial charge in [-0.3, -0.25) is 10.1 Å². The fourth-order valence-electron chi connectivity index (χ4n) is 1.41. The number of carbonyl (C=O) groups is 1. The predicted octanol–water partition coefficient (Wildman–Crippen LogP) is 1.18. The van der Waals surface area contributed by atoms with Crippen molar-refractivity contribution in [3.63, 3.8) is 0 Å². The van der Waals surface area contributed by atoms with Crippen molar-refractivity contribution in [2.24, 2.45) is 5.84 Å². The molecule has 0 fully saturated rings. The number of halogens is 1. The lowest BCUT2D eigenvalue weighted by molar-refractivity contribution is 0.102. The summed E-state index contributed by atoms with van der Waals surface area (Å²) < 4.78 is 0.654. The molecular formula is C11H12BrN7O. The number of nitrogen functional groups attached to an aromatic ring is 1. The Morgan fingerprint density at radius 2 is 2.05 bits per heavy atom. The Balaban J connectivity index is 2.27. The second kappa shape index (κ2) is 5.88. The molecule has 2 heterocycles. The molecule has 0 saturated carbocycles. The quantitative estimate of drug-likeness (QED) is 0.568. The van der Waals surface area contributed by atoms with Gasteiger partial charge in [0.2, 0.25) is 5.95 Å². The SMILES string of the molecule is Cc1nnc(NC(=O)c2cc(Br)cnc2NN)nc1C. The van der Waals surface area contributed by atoms with Gasteiger partial charge in [-0.2, -0.15) is 5.10 Å². The van der Waals surface area contributed by atoms with Gasteiger partial charge in [-0.05, 0) is 35.8 Å². The van der Waals surface area contributed by atoms with E-state index in [1.807, 2.05) is 0 Å². The zero-order chi connectivity index (χ0) is 14.7. The second-order valence-corrected chi connectivity index (χ2v) is 4.87. The Labute approximate surface area is 123 Å². The van der Waals surface area contributed by atoms with Gasteiger partial charge in [0.15, 0.2) is 5.82 Å². The van der Waals surface area contributed by atoms with Gasteiger partial charge in [-0.25, -0.2) is 15.8 Å². The van der Waals surface area contributed by atoms with Gasteiger partial charge in [0.05, 0.1) is 17.0 Å². The first-order chi connectivity index (χ1) is 9.51. The lowest BCUT2D eigenvalue weighted by Gasteiger charge is -2.08. The molecule has 2 aromatic rings. The Morgan fingerprint density at radius 3 is 2.70 bits per heavy atom. The molecule has 0 spiro atoms. The van der Waals surface area contributed by atoms with Crippen LogP contribution in [-0.4, -0.2) is 26.1 Å². The predicted molar refractivity (Wildman–Crippen MR) is 77.0 cm³/mol. The third kappa shape index (κ3) is 3.06. The molecule has 0 saturated heterocycles. The summed E-state index contributed by atoms with van der Waals surface area (Å²) in [6.45, 7) is 3.57. The lowest BCUT2D eigenvalue weighted by Crippen LogP contribution is -2.20. The monoisotopic (exact) mass is 337 g/mol. The number of nitrogens with two attached hydrogens (primary N) is 1. The molecule has 0 aliphatic rings. The van der Waals surface area contributed by atoms with Crippen LogP contribution in [0.5, 0.6) is 0 Å².